The van der Waals surface area contributed by atoms with Gasteiger partial charge in [0.2, 0.25) is 0 Å². The van der Waals surface area contributed by atoms with E-state index in [2.05, 4.69) is 14.8 Å². The van der Waals surface area contributed by atoms with E-state index >= 15 is 0 Å². The van der Waals surface area contributed by atoms with Gasteiger partial charge in [-0.05, 0) is 31.9 Å². The van der Waals surface area contributed by atoms with Crippen LogP contribution in [-0.4, -0.2) is 26.3 Å². The van der Waals surface area contributed by atoms with Gasteiger partial charge in [-0.2, -0.15) is 0 Å². The Morgan fingerprint density at radius 2 is 2.05 bits per heavy atom. The van der Waals surface area contributed by atoms with E-state index in [0.717, 1.165) is 29.4 Å². The molecule has 0 spiro atoms. The minimum Gasteiger partial charge on any atom is -0.299 e. The van der Waals surface area contributed by atoms with E-state index in [9.17, 15) is 4.79 Å². The van der Waals surface area contributed by atoms with E-state index < -0.39 is 0 Å². The van der Waals surface area contributed by atoms with Gasteiger partial charge in [-0.15, -0.1) is 10.2 Å². The van der Waals surface area contributed by atoms with Crippen molar-refractivity contribution in [1.29, 1.82) is 0 Å². The quantitative estimate of drug-likeness (QED) is 0.760. The molecule has 0 aliphatic heterocycles. The first kappa shape index (κ1) is 15.6. The van der Waals surface area contributed by atoms with E-state index in [0.29, 0.717) is 16.8 Å². The van der Waals surface area contributed by atoms with Crippen molar-refractivity contribution in [3.63, 3.8) is 0 Å². The molecular weight excluding hydrogens is 318 g/mol. The van der Waals surface area contributed by atoms with Crippen molar-refractivity contribution >= 4 is 29.1 Å². The molecule has 116 valence electrons. The summed E-state index contributed by atoms with van der Waals surface area (Å²) in [6.45, 7) is 1.60. The van der Waals surface area contributed by atoms with Crippen molar-refractivity contribution in [2.45, 2.75) is 43.8 Å². The minimum atomic E-state index is 0.144. The summed E-state index contributed by atoms with van der Waals surface area (Å²) in [6.07, 6.45) is 4.70. The number of halogens is 1. The highest BCUT2D eigenvalue weighted by Gasteiger charge is 2.25. The van der Waals surface area contributed by atoms with Crippen molar-refractivity contribution in [2.24, 2.45) is 0 Å². The standard InChI is InChI=1S/C16H18ClN3OS/c1-11(21)10-22-16-19-18-15(13-8-4-5-9-14(13)17)20(16)12-6-2-3-7-12/h4-5,8-9,12H,2-3,6-7,10H2,1H3. The number of hydrogen-bond donors (Lipinski definition) is 0. The number of carbonyl (C=O) groups excluding carboxylic acids is 1. The maximum Gasteiger partial charge on any atom is 0.192 e. The zero-order chi connectivity index (χ0) is 15.5. The Hall–Kier alpha value is -1.33. The number of benzene rings is 1. The fourth-order valence-electron chi connectivity index (χ4n) is 2.86. The molecule has 4 nitrogen and oxygen atoms in total. The first-order chi connectivity index (χ1) is 10.7. The maximum absolute atomic E-state index is 11.3. The van der Waals surface area contributed by atoms with Gasteiger partial charge >= 0.3 is 0 Å². The Morgan fingerprint density at radius 3 is 2.73 bits per heavy atom. The van der Waals surface area contributed by atoms with Gasteiger partial charge in [0.1, 0.15) is 5.78 Å². The average molecular weight is 336 g/mol. The van der Waals surface area contributed by atoms with Gasteiger partial charge in [-0.3, -0.25) is 9.36 Å². The summed E-state index contributed by atoms with van der Waals surface area (Å²) in [7, 11) is 0. The number of carbonyl (C=O) groups is 1. The molecular formula is C16H18ClN3OS. The molecule has 2 aromatic rings. The molecule has 1 aliphatic carbocycles. The third kappa shape index (κ3) is 3.20. The molecule has 3 rings (SSSR count). The Bertz CT molecular complexity index is 680. The summed E-state index contributed by atoms with van der Waals surface area (Å²) in [6, 6.07) is 8.10. The van der Waals surface area contributed by atoms with Gasteiger partial charge in [0.15, 0.2) is 11.0 Å². The van der Waals surface area contributed by atoms with Crippen LogP contribution in [0.25, 0.3) is 11.4 Å². The molecule has 1 aromatic carbocycles. The van der Waals surface area contributed by atoms with Crippen LogP contribution in [0.5, 0.6) is 0 Å². The maximum atomic E-state index is 11.3. The predicted octanol–water partition coefficient (Wildman–Crippen LogP) is 4.39. The van der Waals surface area contributed by atoms with Crippen LogP contribution in [0.3, 0.4) is 0 Å². The zero-order valence-corrected chi connectivity index (χ0v) is 14.0. The Labute approximate surface area is 139 Å². The fourth-order valence-corrected chi connectivity index (χ4v) is 3.89. The topological polar surface area (TPSA) is 47.8 Å². The smallest absolute Gasteiger partial charge is 0.192 e. The Morgan fingerprint density at radius 1 is 1.32 bits per heavy atom. The molecule has 22 heavy (non-hydrogen) atoms. The lowest BCUT2D eigenvalue weighted by Gasteiger charge is -2.17. The number of rotatable bonds is 5. The lowest BCUT2D eigenvalue weighted by Crippen LogP contribution is -2.09. The molecule has 1 aromatic heterocycles. The lowest BCUT2D eigenvalue weighted by atomic mass is 10.2. The third-order valence-corrected chi connectivity index (χ3v) is 5.29. The van der Waals surface area contributed by atoms with Crippen molar-refractivity contribution in [3.05, 3.63) is 29.3 Å². The molecule has 6 heteroatoms. The Balaban J connectivity index is 2.02. The number of Topliss-reactive ketones (excluding diaryl/α,β-unsaturated/α-hetero) is 1. The molecule has 0 N–H and O–H groups in total. The summed E-state index contributed by atoms with van der Waals surface area (Å²) in [5, 5.41) is 10.2. The highest BCUT2D eigenvalue weighted by Crippen LogP contribution is 2.38. The summed E-state index contributed by atoms with van der Waals surface area (Å²) in [5.74, 6) is 1.38. The van der Waals surface area contributed by atoms with Crippen LogP contribution >= 0.6 is 23.4 Å². The summed E-state index contributed by atoms with van der Waals surface area (Å²) in [4.78, 5) is 11.3. The van der Waals surface area contributed by atoms with Gasteiger partial charge in [0, 0.05) is 11.6 Å². The van der Waals surface area contributed by atoms with Crippen LogP contribution in [0.4, 0.5) is 0 Å². The van der Waals surface area contributed by atoms with Crippen molar-refractivity contribution in [3.8, 4) is 11.4 Å². The van der Waals surface area contributed by atoms with E-state index in [4.69, 9.17) is 11.6 Å². The van der Waals surface area contributed by atoms with Crippen molar-refractivity contribution < 1.29 is 4.79 Å². The number of hydrogen-bond acceptors (Lipinski definition) is 4. The van der Waals surface area contributed by atoms with E-state index in [1.807, 2.05) is 24.3 Å². The van der Waals surface area contributed by atoms with Crippen LogP contribution in [0, 0.1) is 0 Å². The van der Waals surface area contributed by atoms with Crippen LogP contribution in [0.1, 0.15) is 38.6 Å². The van der Waals surface area contributed by atoms with Gasteiger partial charge in [-0.1, -0.05) is 48.3 Å². The largest absolute Gasteiger partial charge is 0.299 e. The monoisotopic (exact) mass is 335 g/mol. The molecule has 0 unspecified atom stereocenters. The molecule has 1 aliphatic rings. The first-order valence-electron chi connectivity index (χ1n) is 7.49. The van der Waals surface area contributed by atoms with E-state index in [-0.39, 0.29) is 5.78 Å². The van der Waals surface area contributed by atoms with Crippen LogP contribution in [0.2, 0.25) is 5.02 Å². The van der Waals surface area contributed by atoms with Crippen molar-refractivity contribution in [1.82, 2.24) is 14.8 Å². The molecule has 1 heterocycles. The number of aromatic nitrogens is 3. The van der Waals surface area contributed by atoms with Crippen LogP contribution < -0.4 is 0 Å². The molecule has 0 atom stereocenters. The third-order valence-electron chi connectivity index (χ3n) is 3.87. The summed E-state index contributed by atoms with van der Waals surface area (Å²) >= 11 is 7.79. The van der Waals surface area contributed by atoms with Gasteiger partial charge in [0.05, 0.1) is 10.8 Å². The minimum absolute atomic E-state index is 0.144. The number of ketones is 1. The molecule has 1 saturated carbocycles. The average Bonchev–Trinajstić information content (AvgIpc) is 3.14. The zero-order valence-electron chi connectivity index (χ0n) is 12.5. The second-order valence-electron chi connectivity index (χ2n) is 5.59. The second-order valence-corrected chi connectivity index (χ2v) is 6.93. The second kappa shape index (κ2) is 6.84. The Kier molecular flexibility index (Phi) is 4.84. The van der Waals surface area contributed by atoms with Crippen LogP contribution in [-0.2, 0) is 4.79 Å². The molecule has 0 bridgehead atoms. The highest BCUT2D eigenvalue weighted by molar-refractivity contribution is 7.99. The molecule has 0 amide bonds. The van der Waals surface area contributed by atoms with Gasteiger partial charge in [-0.25, -0.2) is 0 Å². The van der Waals surface area contributed by atoms with E-state index in [1.165, 1.54) is 24.6 Å². The molecule has 1 fully saturated rings. The first-order valence-corrected chi connectivity index (χ1v) is 8.85. The summed E-state index contributed by atoms with van der Waals surface area (Å²) < 4.78 is 2.18. The fraction of sp³-hybridized carbons (Fsp3) is 0.438. The van der Waals surface area contributed by atoms with Gasteiger partial charge < -0.3 is 0 Å². The molecule has 0 radical (unpaired) electrons. The van der Waals surface area contributed by atoms with Crippen LogP contribution in [0.15, 0.2) is 29.4 Å². The SMILES string of the molecule is CC(=O)CSc1nnc(-c2ccccc2Cl)n1C1CCCC1. The number of thioether (sulfide) groups is 1. The normalized spacial score (nSPS) is 15.4. The summed E-state index contributed by atoms with van der Waals surface area (Å²) in [5.41, 5.74) is 0.901. The predicted molar refractivity (Wildman–Crippen MR) is 89.4 cm³/mol. The lowest BCUT2D eigenvalue weighted by molar-refractivity contribution is -0.114. The van der Waals surface area contributed by atoms with Crippen molar-refractivity contribution in [2.75, 3.05) is 5.75 Å². The van der Waals surface area contributed by atoms with E-state index in [1.54, 1.807) is 6.92 Å². The highest BCUT2D eigenvalue weighted by atomic mass is 35.5. The van der Waals surface area contributed by atoms with Gasteiger partial charge in [0.25, 0.3) is 0 Å². The number of nitrogens with zero attached hydrogens (tertiary/aromatic N) is 3. The molecule has 0 saturated heterocycles.